The number of carbonyl (C=O) groups is 2. The molecule has 2 atom stereocenters. The summed E-state index contributed by atoms with van der Waals surface area (Å²) in [6, 6.07) is 15.5. The molecule has 1 N–H and O–H groups in total. The summed E-state index contributed by atoms with van der Waals surface area (Å²) in [4.78, 5) is 25.4. The van der Waals surface area contributed by atoms with Crippen molar-refractivity contribution in [1.82, 2.24) is 5.32 Å². The Bertz CT molecular complexity index is 1040. The van der Waals surface area contributed by atoms with Gasteiger partial charge >= 0.3 is 0 Å². The van der Waals surface area contributed by atoms with E-state index in [1.165, 1.54) is 12.1 Å². The van der Waals surface area contributed by atoms with Crippen molar-refractivity contribution in [3.8, 4) is 5.75 Å². The molecule has 0 radical (unpaired) electrons. The molecule has 5 nitrogen and oxygen atoms in total. The molecule has 1 heterocycles. The summed E-state index contributed by atoms with van der Waals surface area (Å²) in [7, 11) is -2.00. The van der Waals surface area contributed by atoms with Crippen LogP contribution in [0, 0.1) is 11.7 Å². The highest BCUT2D eigenvalue weighted by Crippen LogP contribution is 2.37. The number of rotatable bonds is 10. The van der Waals surface area contributed by atoms with Crippen molar-refractivity contribution in [1.29, 1.82) is 0 Å². The molecule has 1 saturated heterocycles. The molecule has 1 aliphatic rings. The first kappa shape index (κ1) is 26.8. The van der Waals surface area contributed by atoms with E-state index in [4.69, 9.17) is 9.16 Å². The average molecular weight is 498 g/mol. The maximum Gasteiger partial charge on any atom is 0.234 e. The predicted octanol–water partition coefficient (Wildman–Crippen LogP) is 5.77. The maximum absolute atomic E-state index is 13.5. The third kappa shape index (κ3) is 7.12. The van der Waals surface area contributed by atoms with Crippen molar-refractivity contribution in [3.05, 3.63) is 72.1 Å². The Morgan fingerprint density at radius 3 is 2.40 bits per heavy atom. The van der Waals surface area contributed by atoms with Gasteiger partial charge in [-0.05, 0) is 60.0 Å². The second-order valence-electron chi connectivity index (χ2n) is 10.5. The van der Waals surface area contributed by atoms with Crippen LogP contribution in [-0.2, 0) is 14.0 Å². The van der Waals surface area contributed by atoms with E-state index < -0.39 is 20.3 Å². The fourth-order valence-electron chi connectivity index (χ4n) is 3.68. The van der Waals surface area contributed by atoms with Gasteiger partial charge in [-0.25, -0.2) is 4.39 Å². The van der Waals surface area contributed by atoms with E-state index in [2.05, 4.69) is 39.2 Å². The van der Waals surface area contributed by atoms with Crippen molar-refractivity contribution in [2.24, 2.45) is 5.92 Å². The summed E-state index contributed by atoms with van der Waals surface area (Å²) in [6.07, 6.45) is 2.10. The molecular weight excluding hydrogens is 461 g/mol. The van der Waals surface area contributed by atoms with Crippen LogP contribution in [0.1, 0.15) is 39.2 Å². The SMILES string of the molecule is CC(C)(C)[Si](C)(C)OC/C(=C\CCC(=O)C1C(=O)NC[C@H]1Oc1ccccc1)c1ccc(F)cc1. The van der Waals surface area contributed by atoms with Crippen molar-refractivity contribution < 1.29 is 23.1 Å². The molecule has 1 unspecified atom stereocenters. The quantitative estimate of drug-likeness (QED) is 0.334. The number of halogens is 1. The van der Waals surface area contributed by atoms with Gasteiger partial charge in [-0.2, -0.15) is 0 Å². The number of hydrogen-bond acceptors (Lipinski definition) is 4. The van der Waals surface area contributed by atoms with Crippen LogP contribution in [0.5, 0.6) is 5.75 Å². The average Bonchev–Trinajstić information content (AvgIpc) is 3.16. The Labute approximate surface area is 208 Å². The van der Waals surface area contributed by atoms with Crippen LogP contribution in [0.15, 0.2) is 60.7 Å². The number of para-hydroxylation sites is 1. The minimum absolute atomic E-state index is 0.0560. The molecular formula is C28H36FNO4Si. The van der Waals surface area contributed by atoms with E-state index in [9.17, 15) is 14.0 Å². The summed E-state index contributed by atoms with van der Waals surface area (Å²) in [5.41, 5.74) is 1.78. The van der Waals surface area contributed by atoms with E-state index in [0.29, 0.717) is 25.3 Å². The lowest BCUT2D eigenvalue weighted by Gasteiger charge is -2.36. The summed E-state index contributed by atoms with van der Waals surface area (Å²) >= 11 is 0. The van der Waals surface area contributed by atoms with Crippen molar-refractivity contribution in [2.75, 3.05) is 13.2 Å². The molecule has 1 aliphatic heterocycles. The van der Waals surface area contributed by atoms with E-state index in [0.717, 1.165) is 11.1 Å². The van der Waals surface area contributed by atoms with Gasteiger partial charge < -0.3 is 14.5 Å². The summed E-state index contributed by atoms with van der Waals surface area (Å²) in [5.74, 6) is -0.944. The smallest absolute Gasteiger partial charge is 0.234 e. The molecule has 188 valence electrons. The molecule has 2 aromatic carbocycles. The molecule has 0 saturated carbocycles. The molecule has 0 bridgehead atoms. The Morgan fingerprint density at radius 2 is 1.77 bits per heavy atom. The van der Waals surface area contributed by atoms with E-state index in [1.807, 2.05) is 36.4 Å². The van der Waals surface area contributed by atoms with Crippen molar-refractivity contribution >= 4 is 25.6 Å². The zero-order chi connectivity index (χ0) is 25.6. The molecule has 0 aromatic heterocycles. The van der Waals surface area contributed by atoms with Gasteiger partial charge in [0.25, 0.3) is 0 Å². The molecule has 1 amide bonds. The Morgan fingerprint density at radius 1 is 1.11 bits per heavy atom. The molecule has 3 rings (SSSR count). The van der Waals surface area contributed by atoms with Crippen molar-refractivity contribution in [3.63, 3.8) is 0 Å². The van der Waals surface area contributed by atoms with Gasteiger partial charge in [-0.15, -0.1) is 0 Å². The zero-order valence-corrected chi connectivity index (χ0v) is 22.3. The normalized spacial score (nSPS) is 18.9. The molecule has 1 fully saturated rings. The lowest BCUT2D eigenvalue weighted by Crippen LogP contribution is -2.41. The number of ether oxygens (including phenoxy) is 1. The lowest BCUT2D eigenvalue weighted by molar-refractivity contribution is -0.133. The van der Waals surface area contributed by atoms with Gasteiger partial charge in [0.1, 0.15) is 29.4 Å². The van der Waals surface area contributed by atoms with Gasteiger partial charge in [0.2, 0.25) is 5.91 Å². The number of hydrogen-bond donors (Lipinski definition) is 1. The fourth-order valence-corrected chi connectivity index (χ4v) is 4.63. The highest BCUT2D eigenvalue weighted by atomic mass is 28.4. The largest absolute Gasteiger partial charge is 0.487 e. The zero-order valence-electron chi connectivity index (χ0n) is 21.3. The maximum atomic E-state index is 13.5. The summed E-state index contributed by atoms with van der Waals surface area (Å²) < 4.78 is 25.8. The van der Waals surface area contributed by atoms with Crippen molar-refractivity contribution in [2.45, 2.75) is 57.8 Å². The van der Waals surface area contributed by atoms with Crippen LogP contribution in [0.2, 0.25) is 18.1 Å². The first-order valence-corrected chi connectivity index (χ1v) is 15.0. The van der Waals surface area contributed by atoms with E-state index >= 15 is 0 Å². The van der Waals surface area contributed by atoms with E-state index in [-0.39, 0.29) is 29.0 Å². The number of allylic oxidation sites excluding steroid dienone is 1. The highest BCUT2D eigenvalue weighted by molar-refractivity contribution is 6.74. The minimum atomic E-state index is -2.00. The number of ketones is 1. The highest BCUT2D eigenvalue weighted by Gasteiger charge is 2.41. The number of Topliss-reactive ketones (excluding diaryl/α,β-unsaturated/α-hetero) is 1. The third-order valence-corrected chi connectivity index (χ3v) is 11.4. The van der Waals surface area contributed by atoms with Gasteiger partial charge in [0, 0.05) is 6.42 Å². The Hall–Kier alpha value is -2.77. The minimum Gasteiger partial charge on any atom is -0.487 e. The monoisotopic (exact) mass is 497 g/mol. The molecule has 35 heavy (non-hydrogen) atoms. The lowest BCUT2D eigenvalue weighted by atomic mass is 9.95. The van der Waals surface area contributed by atoms with Gasteiger partial charge in [0.15, 0.2) is 8.32 Å². The predicted molar refractivity (Wildman–Crippen MR) is 139 cm³/mol. The molecule has 7 heteroatoms. The standard InChI is InChI=1S/C28H36FNO4Si/c1-28(2,3)35(4,5)33-19-21(20-14-16-22(29)17-15-20)10-9-13-24(31)26-25(18-30-27(26)32)34-23-11-7-6-8-12-23/h6-8,10-12,14-17,25-26H,9,13,18-19H2,1-5H3,(H,30,32)/b21-10+/t25-,26?/m1/s1. The summed E-state index contributed by atoms with van der Waals surface area (Å²) in [6.45, 7) is 11.6. The van der Waals surface area contributed by atoms with Crippen LogP contribution in [-0.4, -0.2) is 39.3 Å². The summed E-state index contributed by atoms with van der Waals surface area (Å²) in [5, 5.41) is 2.81. The third-order valence-electron chi connectivity index (χ3n) is 6.90. The van der Waals surface area contributed by atoms with Crippen LogP contribution < -0.4 is 10.1 Å². The van der Waals surface area contributed by atoms with Crippen LogP contribution in [0.3, 0.4) is 0 Å². The van der Waals surface area contributed by atoms with Gasteiger partial charge in [-0.3, -0.25) is 9.59 Å². The Kier molecular flexibility index (Phi) is 8.67. The first-order valence-electron chi connectivity index (χ1n) is 12.1. The number of benzene rings is 2. The molecule has 0 aliphatic carbocycles. The second kappa shape index (κ2) is 11.3. The second-order valence-corrected chi connectivity index (χ2v) is 15.3. The van der Waals surface area contributed by atoms with Crippen LogP contribution in [0.4, 0.5) is 4.39 Å². The van der Waals surface area contributed by atoms with E-state index in [1.54, 1.807) is 12.1 Å². The van der Waals surface area contributed by atoms with Crippen LogP contribution >= 0.6 is 0 Å². The molecule has 2 aromatic rings. The molecule has 0 spiro atoms. The van der Waals surface area contributed by atoms with Crippen LogP contribution in [0.25, 0.3) is 5.57 Å². The number of nitrogens with one attached hydrogen (secondary N) is 1. The van der Waals surface area contributed by atoms with Gasteiger partial charge in [-0.1, -0.05) is 57.2 Å². The Balaban J connectivity index is 1.69. The first-order chi connectivity index (χ1) is 16.5. The van der Waals surface area contributed by atoms with Gasteiger partial charge in [0.05, 0.1) is 13.2 Å². The topological polar surface area (TPSA) is 64.6 Å². The number of amides is 1. The fraction of sp³-hybridized carbons (Fsp3) is 0.429. The number of carbonyl (C=O) groups excluding carboxylic acids is 2.